The Labute approximate surface area is 153 Å². The number of hydrogen-bond donors (Lipinski definition) is 2. The van der Waals surface area contributed by atoms with Crippen molar-refractivity contribution in [1.29, 1.82) is 0 Å². The summed E-state index contributed by atoms with van der Waals surface area (Å²) in [6.45, 7) is 0. The number of hydrogen-bond acceptors (Lipinski definition) is 3. The predicted molar refractivity (Wildman–Crippen MR) is 101 cm³/mol. The number of fused-ring (bicyclic) bond motifs is 2. The smallest absolute Gasteiger partial charge is 0.281 e. The maximum Gasteiger partial charge on any atom is 0.281 e. The molecule has 2 aliphatic carbocycles. The fraction of sp³-hybridized carbons (Fsp3) is 0.364. The van der Waals surface area contributed by atoms with Crippen molar-refractivity contribution in [3.63, 3.8) is 0 Å². The molecule has 134 valence electrons. The lowest BCUT2D eigenvalue weighted by molar-refractivity contribution is -0.136. The van der Waals surface area contributed by atoms with Crippen LogP contribution in [0, 0.1) is 17.8 Å². The van der Waals surface area contributed by atoms with Crippen LogP contribution < -0.4 is 5.43 Å². The second kappa shape index (κ2) is 7.04. The molecule has 0 spiro atoms. The molecule has 1 amide bonds. The van der Waals surface area contributed by atoms with Crippen LogP contribution in [0.5, 0.6) is 0 Å². The zero-order valence-electron chi connectivity index (χ0n) is 14.7. The first kappa shape index (κ1) is 17.0. The van der Waals surface area contributed by atoms with E-state index < -0.39 is 11.5 Å². The first-order chi connectivity index (χ1) is 12.7. The summed E-state index contributed by atoms with van der Waals surface area (Å²) < 4.78 is 0. The summed E-state index contributed by atoms with van der Waals surface area (Å²) in [6.07, 6.45) is 6.95. The number of amides is 1. The van der Waals surface area contributed by atoms with Gasteiger partial charge < -0.3 is 5.11 Å². The molecule has 2 bridgehead atoms. The fourth-order valence-corrected chi connectivity index (χ4v) is 4.54. The highest BCUT2D eigenvalue weighted by molar-refractivity contribution is 5.90. The molecule has 0 heterocycles. The van der Waals surface area contributed by atoms with E-state index in [-0.39, 0.29) is 0 Å². The molecule has 0 radical (unpaired) electrons. The summed E-state index contributed by atoms with van der Waals surface area (Å²) in [4.78, 5) is 12.9. The van der Waals surface area contributed by atoms with Crippen LogP contribution >= 0.6 is 0 Å². The number of benzene rings is 2. The van der Waals surface area contributed by atoms with E-state index in [2.05, 4.69) is 10.5 Å². The SMILES string of the molecule is O=C(N/N=C\[C@H]1C[C@@H]2CC[C@H]1C2)C(O)(c1ccccc1)c1ccccc1. The third-order valence-electron chi connectivity index (χ3n) is 5.94. The van der Waals surface area contributed by atoms with Gasteiger partial charge in [0.15, 0.2) is 5.60 Å². The Morgan fingerprint density at radius 2 is 1.62 bits per heavy atom. The molecule has 0 aromatic heterocycles. The number of rotatable bonds is 5. The molecule has 4 nitrogen and oxygen atoms in total. The van der Waals surface area contributed by atoms with E-state index in [1.165, 1.54) is 25.7 Å². The number of carbonyl (C=O) groups excluding carboxylic acids is 1. The maximum absolute atomic E-state index is 12.9. The summed E-state index contributed by atoms with van der Waals surface area (Å²) in [5.41, 5.74) is 1.87. The van der Waals surface area contributed by atoms with Crippen molar-refractivity contribution in [2.24, 2.45) is 22.9 Å². The monoisotopic (exact) mass is 348 g/mol. The van der Waals surface area contributed by atoms with Gasteiger partial charge in [-0.1, -0.05) is 67.1 Å². The van der Waals surface area contributed by atoms with Crippen molar-refractivity contribution >= 4 is 12.1 Å². The largest absolute Gasteiger partial charge is 0.372 e. The van der Waals surface area contributed by atoms with E-state index in [1.54, 1.807) is 24.3 Å². The Bertz CT molecular complexity index is 749. The van der Waals surface area contributed by atoms with Crippen LogP contribution in [0.3, 0.4) is 0 Å². The molecule has 2 aliphatic rings. The summed E-state index contributed by atoms with van der Waals surface area (Å²) in [7, 11) is 0. The molecular formula is C22H24N2O2. The summed E-state index contributed by atoms with van der Waals surface area (Å²) in [5, 5.41) is 15.5. The van der Waals surface area contributed by atoms with Crippen LogP contribution in [0.25, 0.3) is 0 Å². The number of carbonyl (C=O) groups is 1. The van der Waals surface area contributed by atoms with E-state index in [0.717, 1.165) is 5.92 Å². The van der Waals surface area contributed by atoms with E-state index in [9.17, 15) is 9.90 Å². The van der Waals surface area contributed by atoms with Crippen LogP contribution in [0.2, 0.25) is 0 Å². The normalized spacial score (nSPS) is 24.9. The van der Waals surface area contributed by atoms with Crippen LogP contribution in [-0.4, -0.2) is 17.2 Å². The second-order valence-corrected chi connectivity index (χ2v) is 7.50. The van der Waals surface area contributed by atoms with Crippen molar-refractivity contribution in [2.75, 3.05) is 0 Å². The average molecular weight is 348 g/mol. The minimum absolute atomic E-state index is 0.454. The van der Waals surface area contributed by atoms with Crippen molar-refractivity contribution in [2.45, 2.75) is 31.3 Å². The van der Waals surface area contributed by atoms with Gasteiger partial charge in [-0.2, -0.15) is 5.10 Å². The second-order valence-electron chi connectivity index (χ2n) is 7.50. The Balaban J connectivity index is 1.55. The van der Waals surface area contributed by atoms with Gasteiger partial charge in [-0.05, 0) is 48.1 Å². The van der Waals surface area contributed by atoms with Crippen molar-refractivity contribution in [1.82, 2.24) is 5.43 Å². The van der Waals surface area contributed by atoms with Crippen LogP contribution in [-0.2, 0) is 10.4 Å². The minimum atomic E-state index is -1.77. The number of hydrazone groups is 1. The van der Waals surface area contributed by atoms with Gasteiger partial charge in [0.2, 0.25) is 0 Å². The molecule has 2 aromatic carbocycles. The standard InChI is InChI=1S/C22H24N2O2/c25-21(24-23-15-18-14-16-11-12-17(18)13-16)22(26,19-7-3-1-4-8-19)20-9-5-2-6-10-20/h1-10,15-18,26H,11-14H2,(H,24,25)/b23-15-/t16-,17+,18-/m1/s1. The zero-order chi connectivity index (χ0) is 18.0. The molecule has 26 heavy (non-hydrogen) atoms. The summed E-state index contributed by atoms with van der Waals surface area (Å²) in [6, 6.07) is 18.0. The molecule has 2 aromatic rings. The number of aliphatic hydroxyl groups is 1. The van der Waals surface area contributed by atoms with Crippen LogP contribution in [0.4, 0.5) is 0 Å². The quantitative estimate of drug-likeness (QED) is 0.642. The van der Waals surface area contributed by atoms with Crippen molar-refractivity contribution in [3.8, 4) is 0 Å². The molecule has 4 rings (SSSR count). The van der Waals surface area contributed by atoms with E-state index in [4.69, 9.17) is 0 Å². The molecule has 0 saturated heterocycles. The average Bonchev–Trinajstić information content (AvgIpc) is 3.32. The first-order valence-corrected chi connectivity index (χ1v) is 9.35. The van der Waals surface area contributed by atoms with Gasteiger partial charge in [0, 0.05) is 6.21 Å². The summed E-state index contributed by atoms with van der Waals surface area (Å²) >= 11 is 0. The fourth-order valence-electron chi connectivity index (χ4n) is 4.54. The molecule has 2 saturated carbocycles. The van der Waals surface area contributed by atoms with Gasteiger partial charge in [0.1, 0.15) is 0 Å². The lowest BCUT2D eigenvalue weighted by Gasteiger charge is -2.27. The molecular weight excluding hydrogens is 324 g/mol. The van der Waals surface area contributed by atoms with Gasteiger partial charge in [-0.25, -0.2) is 5.43 Å². The van der Waals surface area contributed by atoms with Crippen molar-refractivity contribution in [3.05, 3.63) is 71.8 Å². The van der Waals surface area contributed by atoms with Gasteiger partial charge >= 0.3 is 0 Å². The molecule has 4 heteroatoms. The minimum Gasteiger partial charge on any atom is -0.372 e. The third-order valence-corrected chi connectivity index (χ3v) is 5.94. The Hall–Kier alpha value is -2.46. The lowest BCUT2D eigenvalue weighted by Crippen LogP contribution is -2.43. The van der Waals surface area contributed by atoms with E-state index >= 15 is 0 Å². The molecule has 2 N–H and O–H groups in total. The molecule has 0 unspecified atom stereocenters. The highest BCUT2D eigenvalue weighted by atomic mass is 16.3. The van der Waals surface area contributed by atoms with Gasteiger partial charge in [0.05, 0.1) is 0 Å². The number of nitrogens with zero attached hydrogens (tertiary/aromatic N) is 1. The molecule has 0 aliphatic heterocycles. The van der Waals surface area contributed by atoms with Crippen LogP contribution in [0.1, 0.15) is 36.8 Å². The topological polar surface area (TPSA) is 61.7 Å². The Morgan fingerprint density at radius 1 is 1.00 bits per heavy atom. The van der Waals surface area contributed by atoms with Gasteiger partial charge in [0.25, 0.3) is 5.91 Å². The molecule has 2 fully saturated rings. The predicted octanol–water partition coefficient (Wildman–Crippen LogP) is 3.46. The first-order valence-electron chi connectivity index (χ1n) is 9.35. The lowest BCUT2D eigenvalue weighted by atomic mass is 9.85. The van der Waals surface area contributed by atoms with Gasteiger partial charge in [-0.15, -0.1) is 0 Å². The summed E-state index contributed by atoms with van der Waals surface area (Å²) in [5.74, 6) is 1.46. The van der Waals surface area contributed by atoms with E-state index in [0.29, 0.717) is 23.0 Å². The zero-order valence-corrected chi connectivity index (χ0v) is 14.7. The Morgan fingerprint density at radius 3 is 2.12 bits per heavy atom. The molecule has 3 atom stereocenters. The maximum atomic E-state index is 12.9. The highest BCUT2D eigenvalue weighted by Gasteiger charge is 2.41. The number of nitrogens with one attached hydrogen (secondary N) is 1. The van der Waals surface area contributed by atoms with E-state index in [1.807, 2.05) is 42.6 Å². The Kier molecular flexibility index (Phi) is 4.60. The van der Waals surface area contributed by atoms with Crippen LogP contribution in [0.15, 0.2) is 65.8 Å². The highest BCUT2D eigenvalue weighted by Crippen LogP contribution is 2.47. The van der Waals surface area contributed by atoms with Gasteiger partial charge in [-0.3, -0.25) is 4.79 Å². The third kappa shape index (κ3) is 3.06. The van der Waals surface area contributed by atoms with Crippen molar-refractivity contribution < 1.29 is 9.90 Å².